The molecule has 146 valence electrons. The first-order chi connectivity index (χ1) is 14.5. The van der Waals surface area contributed by atoms with E-state index in [2.05, 4.69) is 4.98 Å². The molecule has 30 heavy (non-hydrogen) atoms. The summed E-state index contributed by atoms with van der Waals surface area (Å²) in [5, 5.41) is 0.293. The van der Waals surface area contributed by atoms with Crippen LogP contribution in [0.5, 0.6) is 0 Å². The molecule has 0 aliphatic heterocycles. The highest BCUT2D eigenvalue weighted by Gasteiger charge is 2.20. The molecule has 5 rings (SSSR count). The summed E-state index contributed by atoms with van der Waals surface area (Å²) in [7, 11) is 0. The summed E-state index contributed by atoms with van der Waals surface area (Å²) in [6.07, 6.45) is 0. The first kappa shape index (κ1) is 18.3. The van der Waals surface area contributed by atoms with E-state index in [0.29, 0.717) is 10.1 Å². The molecule has 0 unspecified atom stereocenters. The standard InChI is InChI=1S/C23H12F2N2O2S/c24-13-6-5-7-14(12-13)27-21(15-8-1-3-10-17(15)25)26-22-19(23(27)29)20(28)16-9-2-4-11-18(16)30-22/h1-12H. The second-order valence-corrected chi connectivity index (χ2v) is 7.67. The average Bonchev–Trinajstić information content (AvgIpc) is 2.74. The van der Waals surface area contributed by atoms with Gasteiger partial charge in [0.1, 0.15) is 21.9 Å². The van der Waals surface area contributed by atoms with Crippen LogP contribution in [-0.4, -0.2) is 9.55 Å². The molecule has 5 aromatic rings. The predicted octanol–water partition coefficient (Wildman–Crippen LogP) is 4.91. The lowest BCUT2D eigenvalue weighted by molar-refractivity contribution is 0.625. The van der Waals surface area contributed by atoms with E-state index in [0.717, 1.165) is 10.6 Å². The molecule has 4 nitrogen and oxygen atoms in total. The van der Waals surface area contributed by atoms with Crippen LogP contribution in [0.25, 0.3) is 37.4 Å². The van der Waals surface area contributed by atoms with Gasteiger partial charge in [-0.15, -0.1) is 11.3 Å². The molecule has 0 spiro atoms. The molecule has 0 saturated carbocycles. The van der Waals surface area contributed by atoms with Crippen molar-refractivity contribution in [3.05, 3.63) is 105 Å². The fourth-order valence-corrected chi connectivity index (χ4v) is 4.47. The van der Waals surface area contributed by atoms with E-state index in [-0.39, 0.29) is 27.3 Å². The third-order valence-electron chi connectivity index (χ3n) is 4.80. The quantitative estimate of drug-likeness (QED) is 0.383. The van der Waals surface area contributed by atoms with E-state index < -0.39 is 22.6 Å². The zero-order valence-electron chi connectivity index (χ0n) is 15.3. The molecule has 0 saturated heterocycles. The number of halogens is 2. The van der Waals surface area contributed by atoms with Gasteiger partial charge < -0.3 is 0 Å². The molecule has 3 aromatic carbocycles. The SMILES string of the molecule is O=c1c2ccccc2sc2nc(-c3ccccc3F)n(-c3cccc(F)c3)c(=O)c12. The van der Waals surface area contributed by atoms with Crippen molar-refractivity contribution in [1.29, 1.82) is 0 Å². The van der Waals surface area contributed by atoms with Crippen molar-refractivity contribution in [3.8, 4) is 17.1 Å². The second-order valence-electron chi connectivity index (χ2n) is 6.64. The number of hydrogen-bond donors (Lipinski definition) is 0. The van der Waals surface area contributed by atoms with Crippen LogP contribution >= 0.6 is 11.3 Å². The van der Waals surface area contributed by atoms with Crippen LogP contribution in [0.15, 0.2) is 82.4 Å². The summed E-state index contributed by atoms with van der Waals surface area (Å²) >= 11 is 1.18. The number of aromatic nitrogens is 2. The van der Waals surface area contributed by atoms with E-state index in [1.807, 2.05) is 0 Å². The molecular formula is C23H12F2N2O2S. The Hall–Kier alpha value is -3.71. The summed E-state index contributed by atoms with van der Waals surface area (Å²) in [5.74, 6) is -1.15. The van der Waals surface area contributed by atoms with Crippen LogP contribution in [0.2, 0.25) is 0 Å². The second kappa shape index (κ2) is 6.96. The lowest BCUT2D eigenvalue weighted by Gasteiger charge is -2.14. The number of fused-ring (bicyclic) bond motifs is 2. The maximum Gasteiger partial charge on any atom is 0.271 e. The van der Waals surface area contributed by atoms with Crippen molar-refractivity contribution in [2.75, 3.05) is 0 Å². The van der Waals surface area contributed by atoms with Crippen LogP contribution in [0.3, 0.4) is 0 Å². The van der Waals surface area contributed by atoms with Crippen molar-refractivity contribution >= 4 is 31.6 Å². The summed E-state index contributed by atoms with van der Waals surface area (Å²) < 4.78 is 30.3. The number of benzene rings is 3. The van der Waals surface area contributed by atoms with Crippen LogP contribution in [0, 0.1) is 11.6 Å². The van der Waals surface area contributed by atoms with Crippen LogP contribution in [0.4, 0.5) is 8.78 Å². The lowest BCUT2D eigenvalue weighted by Crippen LogP contribution is -2.26. The Morgan fingerprint density at radius 3 is 2.43 bits per heavy atom. The molecule has 0 bridgehead atoms. The third-order valence-corrected chi connectivity index (χ3v) is 5.86. The first-order valence-corrected chi connectivity index (χ1v) is 9.86. The first-order valence-electron chi connectivity index (χ1n) is 9.04. The number of nitrogens with zero attached hydrogens (tertiary/aromatic N) is 2. The predicted molar refractivity (Wildman–Crippen MR) is 114 cm³/mol. The maximum atomic E-state index is 14.6. The van der Waals surface area contributed by atoms with Crippen LogP contribution < -0.4 is 11.0 Å². The Kier molecular flexibility index (Phi) is 4.25. The van der Waals surface area contributed by atoms with Gasteiger partial charge in [-0.3, -0.25) is 14.2 Å². The van der Waals surface area contributed by atoms with E-state index in [4.69, 9.17) is 0 Å². The largest absolute Gasteiger partial charge is 0.288 e. The molecule has 0 fully saturated rings. The van der Waals surface area contributed by atoms with Gasteiger partial charge in [0.15, 0.2) is 5.82 Å². The van der Waals surface area contributed by atoms with Crippen molar-refractivity contribution in [2.45, 2.75) is 0 Å². The van der Waals surface area contributed by atoms with Gasteiger partial charge in [0.2, 0.25) is 5.43 Å². The molecule has 0 N–H and O–H groups in total. The molecule has 0 amide bonds. The van der Waals surface area contributed by atoms with Gasteiger partial charge in [0.05, 0.1) is 11.3 Å². The third kappa shape index (κ3) is 2.83. The fourth-order valence-electron chi connectivity index (χ4n) is 3.43. The van der Waals surface area contributed by atoms with Gasteiger partial charge in [0, 0.05) is 10.1 Å². The summed E-state index contributed by atoms with van der Waals surface area (Å²) in [6.45, 7) is 0. The molecule has 7 heteroatoms. The minimum atomic E-state index is -0.671. The van der Waals surface area contributed by atoms with Gasteiger partial charge in [-0.1, -0.05) is 30.3 Å². The molecule has 0 radical (unpaired) electrons. The molecule has 2 aromatic heterocycles. The van der Waals surface area contributed by atoms with E-state index >= 15 is 0 Å². The zero-order valence-corrected chi connectivity index (χ0v) is 16.1. The number of rotatable bonds is 2. The Labute approximate surface area is 172 Å². The monoisotopic (exact) mass is 418 g/mol. The maximum absolute atomic E-state index is 14.6. The summed E-state index contributed by atoms with van der Waals surface area (Å²) in [6, 6.07) is 18.1. The molecule has 0 atom stereocenters. The Bertz CT molecular complexity index is 1570. The Morgan fingerprint density at radius 1 is 0.867 bits per heavy atom. The van der Waals surface area contributed by atoms with Crippen molar-refractivity contribution in [3.63, 3.8) is 0 Å². The highest BCUT2D eigenvalue weighted by atomic mass is 32.1. The fraction of sp³-hybridized carbons (Fsp3) is 0. The van der Waals surface area contributed by atoms with Gasteiger partial charge >= 0.3 is 0 Å². The minimum absolute atomic E-state index is 0.00197. The smallest absolute Gasteiger partial charge is 0.271 e. The average molecular weight is 418 g/mol. The van der Waals surface area contributed by atoms with Crippen molar-refractivity contribution < 1.29 is 8.78 Å². The van der Waals surface area contributed by atoms with Gasteiger partial charge in [-0.2, -0.15) is 0 Å². The Morgan fingerprint density at radius 2 is 1.63 bits per heavy atom. The minimum Gasteiger partial charge on any atom is -0.288 e. The normalized spacial score (nSPS) is 11.3. The van der Waals surface area contributed by atoms with Gasteiger partial charge in [0.25, 0.3) is 5.56 Å². The molecule has 0 aliphatic carbocycles. The summed E-state index contributed by atoms with van der Waals surface area (Å²) in [5.41, 5.74) is -0.892. The van der Waals surface area contributed by atoms with Crippen LogP contribution in [0.1, 0.15) is 0 Å². The highest BCUT2D eigenvalue weighted by Crippen LogP contribution is 2.27. The Balaban J connectivity index is 2.00. The highest BCUT2D eigenvalue weighted by molar-refractivity contribution is 7.24. The van der Waals surface area contributed by atoms with E-state index in [1.54, 1.807) is 30.3 Å². The van der Waals surface area contributed by atoms with Gasteiger partial charge in [-0.05, 0) is 42.5 Å². The van der Waals surface area contributed by atoms with Crippen molar-refractivity contribution in [1.82, 2.24) is 9.55 Å². The molecular weight excluding hydrogens is 406 g/mol. The summed E-state index contributed by atoms with van der Waals surface area (Å²) in [4.78, 5) is 31.3. The topological polar surface area (TPSA) is 52.0 Å². The molecule has 2 heterocycles. The van der Waals surface area contributed by atoms with E-state index in [9.17, 15) is 18.4 Å². The van der Waals surface area contributed by atoms with Crippen molar-refractivity contribution in [2.24, 2.45) is 0 Å². The van der Waals surface area contributed by atoms with E-state index in [1.165, 1.54) is 47.7 Å². The van der Waals surface area contributed by atoms with Gasteiger partial charge in [-0.25, -0.2) is 13.8 Å². The number of hydrogen-bond acceptors (Lipinski definition) is 4. The zero-order chi connectivity index (χ0) is 20.8. The lowest BCUT2D eigenvalue weighted by atomic mass is 10.1. The van der Waals surface area contributed by atoms with Crippen LogP contribution in [-0.2, 0) is 0 Å². The molecule has 0 aliphatic rings.